The van der Waals surface area contributed by atoms with Crippen LogP contribution in [-0.4, -0.2) is 26.4 Å². The number of sulfonamides is 1. The van der Waals surface area contributed by atoms with Gasteiger partial charge in [-0.3, -0.25) is 0 Å². The number of rotatable bonds is 4. The largest absolute Gasteiger partial charge is 0.478 e. The molecule has 3 rings (SSSR count). The van der Waals surface area contributed by atoms with E-state index in [1.165, 1.54) is 4.31 Å². The lowest BCUT2D eigenvalue weighted by Gasteiger charge is -2.28. The summed E-state index contributed by atoms with van der Waals surface area (Å²) in [6.45, 7) is 2.46. The van der Waals surface area contributed by atoms with E-state index in [-0.39, 0.29) is 4.90 Å². The minimum absolute atomic E-state index is 0.268. The average Bonchev–Trinajstić information content (AvgIpc) is 2.62. The van der Waals surface area contributed by atoms with Crippen molar-refractivity contribution in [1.82, 2.24) is 4.31 Å². The first-order chi connectivity index (χ1) is 11.5. The monoisotopic (exact) mass is 343 g/mol. The number of hydrogen-bond donors (Lipinski definition) is 0. The van der Waals surface area contributed by atoms with Gasteiger partial charge in [-0.1, -0.05) is 48.0 Å². The Hall–Kier alpha value is -2.27. The van der Waals surface area contributed by atoms with Gasteiger partial charge in [0.05, 0.1) is 11.5 Å². The summed E-state index contributed by atoms with van der Waals surface area (Å²) in [5.74, 6) is 0.424. The van der Waals surface area contributed by atoms with Crippen LogP contribution in [0.1, 0.15) is 24.0 Å². The van der Waals surface area contributed by atoms with Crippen LogP contribution >= 0.6 is 0 Å². The fourth-order valence-electron chi connectivity index (χ4n) is 2.78. The SMILES string of the molecule is Cc1ccc(S(=O)(=O)N(C)C2=C(c3ccccc3)CCCO2)cc1. The molecule has 126 valence electrons. The van der Waals surface area contributed by atoms with Crippen molar-refractivity contribution in [2.45, 2.75) is 24.7 Å². The molecule has 0 fully saturated rings. The molecule has 4 nitrogen and oxygen atoms in total. The summed E-state index contributed by atoms with van der Waals surface area (Å²) in [4.78, 5) is 0.268. The lowest BCUT2D eigenvalue weighted by atomic mass is 10.0. The van der Waals surface area contributed by atoms with Gasteiger partial charge in [-0.25, -0.2) is 12.7 Å². The number of nitrogens with zero attached hydrogens (tertiary/aromatic N) is 1. The number of allylic oxidation sites excluding steroid dienone is 1. The topological polar surface area (TPSA) is 46.6 Å². The smallest absolute Gasteiger partial charge is 0.266 e. The van der Waals surface area contributed by atoms with Crippen LogP contribution in [0.25, 0.3) is 5.57 Å². The molecule has 24 heavy (non-hydrogen) atoms. The summed E-state index contributed by atoms with van der Waals surface area (Å²) >= 11 is 0. The van der Waals surface area contributed by atoms with Gasteiger partial charge in [0, 0.05) is 12.6 Å². The average molecular weight is 343 g/mol. The molecule has 0 radical (unpaired) electrons. The third-order valence-electron chi connectivity index (χ3n) is 4.16. The van der Waals surface area contributed by atoms with Gasteiger partial charge in [0.25, 0.3) is 10.0 Å². The van der Waals surface area contributed by atoms with Gasteiger partial charge in [-0.2, -0.15) is 0 Å². The summed E-state index contributed by atoms with van der Waals surface area (Å²) in [7, 11) is -2.09. The fraction of sp³-hybridized carbons (Fsp3) is 0.263. The number of aryl methyl sites for hydroxylation is 1. The third-order valence-corrected chi connectivity index (χ3v) is 5.91. The van der Waals surface area contributed by atoms with Crippen molar-refractivity contribution in [1.29, 1.82) is 0 Å². The molecule has 0 N–H and O–H groups in total. The Morgan fingerprint density at radius 3 is 2.33 bits per heavy atom. The molecule has 0 saturated carbocycles. The summed E-state index contributed by atoms with van der Waals surface area (Å²) in [6, 6.07) is 16.7. The number of benzene rings is 2. The molecule has 0 spiro atoms. The molecule has 0 bridgehead atoms. The highest BCUT2D eigenvalue weighted by atomic mass is 32.2. The normalized spacial score (nSPS) is 15.1. The van der Waals surface area contributed by atoms with E-state index < -0.39 is 10.0 Å². The molecule has 0 saturated heterocycles. The molecule has 0 aromatic heterocycles. The Balaban J connectivity index is 2.04. The second-order valence-electron chi connectivity index (χ2n) is 5.89. The van der Waals surface area contributed by atoms with Crippen LogP contribution in [-0.2, 0) is 14.8 Å². The molecule has 1 aliphatic heterocycles. The second kappa shape index (κ2) is 6.69. The zero-order chi connectivity index (χ0) is 17.2. The summed E-state index contributed by atoms with van der Waals surface area (Å²) in [6.07, 6.45) is 1.68. The van der Waals surface area contributed by atoms with Crippen LogP contribution in [0.3, 0.4) is 0 Å². The molecule has 5 heteroatoms. The van der Waals surface area contributed by atoms with Gasteiger partial charge in [0.2, 0.25) is 5.88 Å². The minimum atomic E-state index is -3.65. The third kappa shape index (κ3) is 3.17. The molecule has 0 atom stereocenters. The van der Waals surface area contributed by atoms with Crippen LogP contribution in [0.2, 0.25) is 0 Å². The van der Waals surface area contributed by atoms with Crippen molar-refractivity contribution >= 4 is 15.6 Å². The zero-order valence-electron chi connectivity index (χ0n) is 13.9. The van der Waals surface area contributed by atoms with Crippen LogP contribution in [0, 0.1) is 6.92 Å². The van der Waals surface area contributed by atoms with E-state index in [4.69, 9.17) is 4.74 Å². The van der Waals surface area contributed by atoms with Crippen molar-refractivity contribution < 1.29 is 13.2 Å². The van der Waals surface area contributed by atoms with E-state index in [9.17, 15) is 8.42 Å². The van der Waals surface area contributed by atoms with E-state index in [1.54, 1.807) is 31.3 Å². The Bertz CT molecular complexity index is 840. The maximum Gasteiger partial charge on any atom is 0.266 e. The van der Waals surface area contributed by atoms with Gasteiger partial charge in [0.15, 0.2) is 0 Å². The molecular weight excluding hydrogens is 322 g/mol. The second-order valence-corrected chi connectivity index (χ2v) is 7.86. The van der Waals surface area contributed by atoms with Crippen LogP contribution in [0.5, 0.6) is 0 Å². The highest BCUT2D eigenvalue weighted by molar-refractivity contribution is 7.89. The van der Waals surface area contributed by atoms with E-state index in [2.05, 4.69) is 0 Å². The van der Waals surface area contributed by atoms with Crippen molar-refractivity contribution in [2.24, 2.45) is 0 Å². The standard InChI is InChI=1S/C19H21NO3S/c1-15-10-12-17(13-11-15)24(21,22)20(2)19-18(9-6-14-23-19)16-7-4-3-5-8-16/h3-5,7-8,10-13H,6,9,14H2,1-2H3. The summed E-state index contributed by atoms with van der Waals surface area (Å²) < 4.78 is 32.9. The lowest BCUT2D eigenvalue weighted by Crippen LogP contribution is -2.30. The number of ether oxygens (including phenoxy) is 1. The molecule has 0 aliphatic carbocycles. The first-order valence-electron chi connectivity index (χ1n) is 7.97. The van der Waals surface area contributed by atoms with Crippen LogP contribution in [0.15, 0.2) is 65.4 Å². The first-order valence-corrected chi connectivity index (χ1v) is 9.41. The predicted octanol–water partition coefficient (Wildman–Crippen LogP) is 3.79. The quantitative estimate of drug-likeness (QED) is 0.848. The molecule has 1 heterocycles. The Labute approximate surface area is 143 Å². The van der Waals surface area contributed by atoms with Gasteiger partial charge in [0.1, 0.15) is 0 Å². The van der Waals surface area contributed by atoms with E-state index in [1.807, 2.05) is 37.3 Å². The van der Waals surface area contributed by atoms with Crippen molar-refractivity contribution in [3.05, 3.63) is 71.6 Å². The van der Waals surface area contributed by atoms with Gasteiger partial charge >= 0.3 is 0 Å². The van der Waals surface area contributed by atoms with Crippen LogP contribution in [0.4, 0.5) is 0 Å². The molecule has 1 aliphatic rings. The molecular formula is C19H21NO3S. The summed E-state index contributed by atoms with van der Waals surface area (Å²) in [5.41, 5.74) is 2.95. The van der Waals surface area contributed by atoms with E-state index in [0.29, 0.717) is 12.5 Å². The van der Waals surface area contributed by atoms with E-state index >= 15 is 0 Å². The Kier molecular flexibility index (Phi) is 4.62. The molecule has 0 amide bonds. The molecule has 2 aromatic carbocycles. The fourth-order valence-corrected chi connectivity index (χ4v) is 3.95. The molecule has 2 aromatic rings. The van der Waals surface area contributed by atoms with Gasteiger partial charge < -0.3 is 4.74 Å². The van der Waals surface area contributed by atoms with Gasteiger partial charge in [-0.15, -0.1) is 0 Å². The molecule has 0 unspecified atom stereocenters. The maximum absolute atomic E-state index is 12.9. The van der Waals surface area contributed by atoms with Gasteiger partial charge in [-0.05, 0) is 37.5 Å². The minimum Gasteiger partial charge on any atom is -0.478 e. The predicted molar refractivity (Wildman–Crippen MR) is 94.7 cm³/mol. The highest BCUT2D eigenvalue weighted by Gasteiger charge is 2.28. The van der Waals surface area contributed by atoms with E-state index in [0.717, 1.165) is 29.5 Å². The van der Waals surface area contributed by atoms with Crippen LogP contribution < -0.4 is 0 Å². The summed E-state index contributed by atoms with van der Waals surface area (Å²) in [5, 5.41) is 0. The number of hydrogen-bond acceptors (Lipinski definition) is 3. The van der Waals surface area contributed by atoms with Crippen molar-refractivity contribution in [2.75, 3.05) is 13.7 Å². The highest BCUT2D eigenvalue weighted by Crippen LogP contribution is 2.32. The zero-order valence-corrected chi connectivity index (χ0v) is 14.7. The maximum atomic E-state index is 12.9. The Morgan fingerprint density at radius 2 is 1.67 bits per heavy atom. The Morgan fingerprint density at radius 1 is 1.00 bits per heavy atom. The lowest BCUT2D eigenvalue weighted by molar-refractivity contribution is 0.150. The van der Waals surface area contributed by atoms with Crippen molar-refractivity contribution in [3.63, 3.8) is 0 Å². The van der Waals surface area contributed by atoms with Crippen molar-refractivity contribution in [3.8, 4) is 0 Å². The first kappa shape index (κ1) is 16.6.